The fourth-order valence-electron chi connectivity index (χ4n) is 2.08. The molecule has 0 aromatic heterocycles. The van der Waals surface area contributed by atoms with Crippen molar-refractivity contribution >= 4 is 35.4 Å². The summed E-state index contributed by atoms with van der Waals surface area (Å²) in [6, 6.07) is 9.51. The summed E-state index contributed by atoms with van der Waals surface area (Å²) >= 11 is 5.83. The fourth-order valence-corrected chi connectivity index (χ4v) is 2.28. The van der Waals surface area contributed by atoms with Gasteiger partial charge in [-0.3, -0.25) is 10.2 Å². The highest BCUT2D eigenvalue weighted by Gasteiger charge is 2.09. The number of carbonyl (C=O) groups is 2. The summed E-state index contributed by atoms with van der Waals surface area (Å²) in [5.41, 5.74) is 8.96. The third-order valence-corrected chi connectivity index (χ3v) is 3.57. The number of hydrogen-bond donors (Lipinski definition) is 3. The standard InChI is InChI=1S/C18H18ClN3O5/c1-2-26-16-7-11(3-6-15(16)27-10-17(20)23)9-21-22-12-4-5-14(19)13(8-12)18(24)25/h3-9,22H,2,10H2,1H3,(H2,20,23)(H,24,25)/b21-9+. The van der Waals surface area contributed by atoms with E-state index in [1.165, 1.54) is 18.3 Å². The molecule has 8 nitrogen and oxygen atoms in total. The Kier molecular flexibility index (Phi) is 7.01. The number of halogens is 1. The van der Waals surface area contributed by atoms with E-state index in [1.807, 2.05) is 6.92 Å². The number of nitrogens with one attached hydrogen (secondary N) is 1. The Bertz CT molecular complexity index is 870. The van der Waals surface area contributed by atoms with Crippen LogP contribution in [0.4, 0.5) is 5.69 Å². The fraction of sp³-hybridized carbons (Fsp3) is 0.167. The van der Waals surface area contributed by atoms with Gasteiger partial charge < -0.3 is 20.3 Å². The van der Waals surface area contributed by atoms with Crippen molar-refractivity contribution in [3.63, 3.8) is 0 Å². The normalized spacial score (nSPS) is 10.6. The van der Waals surface area contributed by atoms with Gasteiger partial charge >= 0.3 is 5.97 Å². The molecule has 0 aliphatic heterocycles. The molecule has 1 amide bonds. The first-order valence-electron chi connectivity index (χ1n) is 7.90. The van der Waals surface area contributed by atoms with Crippen molar-refractivity contribution in [2.75, 3.05) is 18.6 Å². The van der Waals surface area contributed by atoms with E-state index in [-0.39, 0.29) is 17.2 Å². The van der Waals surface area contributed by atoms with E-state index in [2.05, 4.69) is 10.5 Å². The summed E-state index contributed by atoms with van der Waals surface area (Å²) in [5, 5.41) is 13.3. The Labute approximate surface area is 160 Å². The molecule has 2 rings (SSSR count). The lowest BCUT2D eigenvalue weighted by Crippen LogP contribution is -2.20. The average molecular weight is 392 g/mol. The average Bonchev–Trinajstić information content (AvgIpc) is 2.62. The summed E-state index contributed by atoms with van der Waals surface area (Å²) < 4.78 is 10.8. The van der Waals surface area contributed by atoms with Crippen molar-refractivity contribution in [1.82, 2.24) is 0 Å². The van der Waals surface area contributed by atoms with Crippen LogP contribution in [0.1, 0.15) is 22.8 Å². The molecule has 9 heteroatoms. The van der Waals surface area contributed by atoms with Gasteiger partial charge in [-0.2, -0.15) is 5.10 Å². The topological polar surface area (TPSA) is 123 Å². The number of carboxylic acids is 1. The minimum absolute atomic E-state index is 0.0218. The zero-order valence-electron chi connectivity index (χ0n) is 14.4. The maximum atomic E-state index is 11.1. The van der Waals surface area contributed by atoms with E-state index in [1.54, 1.807) is 24.3 Å². The van der Waals surface area contributed by atoms with Crippen LogP contribution < -0.4 is 20.6 Å². The number of hydrogen-bond acceptors (Lipinski definition) is 6. The molecule has 0 bridgehead atoms. The van der Waals surface area contributed by atoms with E-state index < -0.39 is 11.9 Å². The number of benzene rings is 2. The van der Waals surface area contributed by atoms with Crippen molar-refractivity contribution < 1.29 is 24.2 Å². The van der Waals surface area contributed by atoms with Gasteiger partial charge in [0, 0.05) is 0 Å². The molecule has 0 atom stereocenters. The predicted octanol–water partition coefficient (Wildman–Crippen LogP) is 2.75. The molecule has 27 heavy (non-hydrogen) atoms. The number of anilines is 1. The van der Waals surface area contributed by atoms with Crippen molar-refractivity contribution in [2.24, 2.45) is 10.8 Å². The van der Waals surface area contributed by atoms with Crippen LogP contribution in [-0.2, 0) is 4.79 Å². The summed E-state index contributed by atoms with van der Waals surface area (Å²) in [5.74, 6) is -0.872. The molecular formula is C18H18ClN3O5. The summed E-state index contributed by atoms with van der Waals surface area (Å²) in [4.78, 5) is 21.9. The molecule has 0 aliphatic carbocycles. The molecule has 142 valence electrons. The first kappa shape index (κ1) is 20.1. The monoisotopic (exact) mass is 391 g/mol. The highest BCUT2D eigenvalue weighted by Crippen LogP contribution is 2.28. The van der Waals surface area contributed by atoms with Crippen molar-refractivity contribution in [3.05, 3.63) is 52.5 Å². The summed E-state index contributed by atoms with van der Waals surface area (Å²) in [7, 11) is 0. The van der Waals surface area contributed by atoms with Crippen LogP contribution in [0.2, 0.25) is 5.02 Å². The van der Waals surface area contributed by atoms with Crippen LogP contribution in [0.5, 0.6) is 11.5 Å². The van der Waals surface area contributed by atoms with Crippen molar-refractivity contribution in [3.8, 4) is 11.5 Å². The number of ether oxygens (including phenoxy) is 2. The van der Waals surface area contributed by atoms with Crippen LogP contribution >= 0.6 is 11.6 Å². The van der Waals surface area contributed by atoms with Crippen LogP contribution in [0.25, 0.3) is 0 Å². The number of nitrogens with two attached hydrogens (primary N) is 1. The Morgan fingerprint density at radius 1 is 1.22 bits per heavy atom. The second-order valence-corrected chi connectivity index (χ2v) is 5.67. The van der Waals surface area contributed by atoms with E-state index >= 15 is 0 Å². The minimum Gasteiger partial charge on any atom is -0.490 e. The van der Waals surface area contributed by atoms with Crippen LogP contribution in [-0.4, -0.2) is 36.4 Å². The molecule has 0 saturated heterocycles. The van der Waals surface area contributed by atoms with Gasteiger partial charge in [0.25, 0.3) is 5.91 Å². The van der Waals surface area contributed by atoms with Gasteiger partial charge in [0.2, 0.25) is 0 Å². The van der Waals surface area contributed by atoms with Crippen molar-refractivity contribution in [1.29, 1.82) is 0 Å². The van der Waals surface area contributed by atoms with Crippen molar-refractivity contribution in [2.45, 2.75) is 6.92 Å². The first-order chi connectivity index (χ1) is 12.9. The number of rotatable bonds is 9. The number of nitrogens with zero attached hydrogens (tertiary/aromatic N) is 1. The smallest absolute Gasteiger partial charge is 0.337 e. The van der Waals surface area contributed by atoms with E-state index in [0.717, 1.165) is 0 Å². The maximum absolute atomic E-state index is 11.1. The zero-order chi connectivity index (χ0) is 19.8. The van der Waals surface area contributed by atoms with Crippen LogP contribution in [0.15, 0.2) is 41.5 Å². The summed E-state index contributed by atoms with van der Waals surface area (Å²) in [6.45, 7) is 1.98. The molecule has 0 heterocycles. The van der Waals surface area contributed by atoms with Gasteiger partial charge in [-0.15, -0.1) is 0 Å². The molecule has 2 aromatic carbocycles. The molecule has 0 aliphatic rings. The second kappa shape index (κ2) is 9.44. The zero-order valence-corrected chi connectivity index (χ0v) is 15.2. The van der Waals surface area contributed by atoms with Gasteiger partial charge in [-0.1, -0.05) is 11.6 Å². The lowest BCUT2D eigenvalue weighted by Gasteiger charge is -2.11. The highest BCUT2D eigenvalue weighted by atomic mass is 35.5. The van der Waals surface area contributed by atoms with Crippen LogP contribution in [0.3, 0.4) is 0 Å². The number of amides is 1. The molecule has 4 N–H and O–H groups in total. The molecule has 0 fully saturated rings. The Morgan fingerprint density at radius 2 is 2.00 bits per heavy atom. The van der Waals surface area contributed by atoms with Gasteiger partial charge in [-0.05, 0) is 48.9 Å². The van der Waals surface area contributed by atoms with Gasteiger partial charge in [0.05, 0.1) is 29.1 Å². The van der Waals surface area contributed by atoms with Gasteiger partial charge in [-0.25, -0.2) is 4.79 Å². The minimum atomic E-state index is -1.12. The number of carboxylic acid groups (broad SMARTS) is 1. The number of primary amides is 1. The molecular weight excluding hydrogens is 374 g/mol. The SMILES string of the molecule is CCOc1cc(/C=N/Nc2ccc(Cl)c(C(=O)O)c2)ccc1OCC(N)=O. The summed E-state index contributed by atoms with van der Waals surface area (Å²) in [6.07, 6.45) is 1.52. The Hall–Kier alpha value is -3.26. The van der Waals surface area contributed by atoms with E-state index in [9.17, 15) is 9.59 Å². The molecule has 0 unspecified atom stereocenters. The Morgan fingerprint density at radius 3 is 2.67 bits per heavy atom. The number of aromatic carboxylic acids is 1. The first-order valence-corrected chi connectivity index (χ1v) is 8.28. The lowest BCUT2D eigenvalue weighted by molar-refractivity contribution is -0.119. The second-order valence-electron chi connectivity index (χ2n) is 5.26. The van der Waals surface area contributed by atoms with Crippen LogP contribution in [0, 0.1) is 0 Å². The molecule has 0 radical (unpaired) electrons. The van der Waals surface area contributed by atoms with E-state index in [4.69, 9.17) is 31.9 Å². The van der Waals surface area contributed by atoms with E-state index in [0.29, 0.717) is 29.4 Å². The third-order valence-electron chi connectivity index (χ3n) is 3.24. The maximum Gasteiger partial charge on any atom is 0.337 e. The molecule has 0 saturated carbocycles. The number of hydrazone groups is 1. The quantitative estimate of drug-likeness (QED) is 0.446. The highest BCUT2D eigenvalue weighted by molar-refractivity contribution is 6.33. The largest absolute Gasteiger partial charge is 0.490 e. The Balaban J connectivity index is 2.12. The predicted molar refractivity (Wildman–Crippen MR) is 102 cm³/mol. The van der Waals surface area contributed by atoms with Gasteiger partial charge in [0.1, 0.15) is 0 Å². The molecule has 2 aromatic rings. The number of carbonyl (C=O) groups excluding carboxylic acids is 1. The molecule has 0 spiro atoms. The third kappa shape index (κ3) is 5.89. The van der Waals surface area contributed by atoms with Gasteiger partial charge in [0.15, 0.2) is 18.1 Å². The lowest BCUT2D eigenvalue weighted by atomic mass is 10.2.